The molecule has 2 N–H and O–H groups in total. The van der Waals surface area contributed by atoms with E-state index < -0.39 is 0 Å². The first-order valence-electron chi connectivity index (χ1n) is 4.69. The summed E-state index contributed by atoms with van der Waals surface area (Å²) in [5.74, 6) is -0.255. The Labute approximate surface area is 94.2 Å². The molecular weight excluding hydrogens is 214 g/mol. The van der Waals surface area contributed by atoms with Gasteiger partial charge in [0, 0.05) is 10.9 Å². The van der Waals surface area contributed by atoms with Gasteiger partial charge in [-0.2, -0.15) is 0 Å². The molecule has 0 fully saturated rings. The Kier molecular flexibility index (Phi) is 4.59. The number of carbonyl (C=O) groups excluding carboxylic acids is 1. The normalized spacial score (nSPS) is 12.2. The maximum absolute atomic E-state index is 11.1. The molecule has 4 heteroatoms. The fourth-order valence-electron chi connectivity index (χ4n) is 1.36. The maximum Gasteiger partial charge on any atom is 0.306 e. The molecule has 0 radical (unpaired) electrons. The van der Waals surface area contributed by atoms with Crippen molar-refractivity contribution in [1.82, 2.24) is 0 Å². The van der Waals surface area contributed by atoms with E-state index in [1.807, 2.05) is 12.1 Å². The lowest BCUT2D eigenvalue weighted by atomic mass is 9.96. The molecule has 82 valence electrons. The predicted octanol–water partition coefficient (Wildman–Crippen LogP) is 1.95. The average molecular weight is 228 g/mol. The van der Waals surface area contributed by atoms with Gasteiger partial charge in [-0.05, 0) is 24.2 Å². The minimum absolute atomic E-state index is 0.00489. The van der Waals surface area contributed by atoms with Crippen molar-refractivity contribution in [1.29, 1.82) is 0 Å². The lowest BCUT2D eigenvalue weighted by Gasteiger charge is -2.13. The predicted molar refractivity (Wildman–Crippen MR) is 59.9 cm³/mol. The number of halogens is 1. The Morgan fingerprint density at radius 3 is 2.53 bits per heavy atom. The molecule has 0 bridgehead atoms. The molecular formula is C11H14ClNO2. The molecule has 0 saturated carbocycles. The van der Waals surface area contributed by atoms with E-state index in [-0.39, 0.29) is 11.9 Å². The van der Waals surface area contributed by atoms with Crippen LogP contribution in [0.15, 0.2) is 24.3 Å². The zero-order valence-electron chi connectivity index (χ0n) is 8.57. The summed E-state index contributed by atoms with van der Waals surface area (Å²) in [5, 5.41) is 0.674. The smallest absolute Gasteiger partial charge is 0.306 e. The molecule has 0 aliphatic carbocycles. The van der Waals surface area contributed by atoms with Crippen molar-refractivity contribution >= 4 is 17.6 Å². The number of benzene rings is 1. The summed E-state index contributed by atoms with van der Waals surface area (Å²) in [6, 6.07) is 7.33. The van der Waals surface area contributed by atoms with Gasteiger partial charge >= 0.3 is 5.97 Å². The number of hydrogen-bond acceptors (Lipinski definition) is 3. The molecule has 0 amide bonds. The number of hydrogen-bond donors (Lipinski definition) is 1. The molecule has 0 aliphatic rings. The first-order valence-corrected chi connectivity index (χ1v) is 5.07. The van der Waals surface area contributed by atoms with Crippen LogP contribution in [0.25, 0.3) is 0 Å². The monoisotopic (exact) mass is 227 g/mol. The van der Waals surface area contributed by atoms with E-state index in [9.17, 15) is 4.79 Å². The number of rotatable bonds is 4. The first kappa shape index (κ1) is 12.0. The molecule has 0 heterocycles. The van der Waals surface area contributed by atoms with E-state index in [2.05, 4.69) is 4.74 Å². The highest BCUT2D eigenvalue weighted by Crippen LogP contribution is 2.20. The Bertz CT molecular complexity index is 324. The van der Waals surface area contributed by atoms with Gasteiger partial charge in [0.25, 0.3) is 0 Å². The maximum atomic E-state index is 11.1. The van der Waals surface area contributed by atoms with Crippen molar-refractivity contribution in [3.63, 3.8) is 0 Å². The van der Waals surface area contributed by atoms with E-state index in [4.69, 9.17) is 17.3 Å². The van der Waals surface area contributed by atoms with E-state index in [1.165, 1.54) is 7.11 Å². The van der Waals surface area contributed by atoms with Crippen LogP contribution in [0.1, 0.15) is 17.9 Å². The molecule has 0 unspecified atom stereocenters. The summed E-state index contributed by atoms with van der Waals surface area (Å²) in [6.45, 7) is 0.413. The summed E-state index contributed by atoms with van der Waals surface area (Å²) in [6.07, 6.45) is 0.300. The quantitative estimate of drug-likeness (QED) is 0.800. The number of carbonyl (C=O) groups is 1. The van der Waals surface area contributed by atoms with E-state index in [0.29, 0.717) is 18.0 Å². The fourth-order valence-corrected chi connectivity index (χ4v) is 1.48. The number of nitrogens with two attached hydrogens (primary N) is 1. The highest BCUT2D eigenvalue weighted by molar-refractivity contribution is 6.30. The van der Waals surface area contributed by atoms with E-state index in [1.54, 1.807) is 12.1 Å². The molecule has 1 atom stereocenters. The summed E-state index contributed by atoms with van der Waals surface area (Å²) in [7, 11) is 1.37. The van der Waals surface area contributed by atoms with Crippen molar-refractivity contribution in [2.45, 2.75) is 12.3 Å². The van der Waals surface area contributed by atoms with Gasteiger partial charge < -0.3 is 10.5 Å². The summed E-state index contributed by atoms with van der Waals surface area (Å²) < 4.78 is 4.61. The second kappa shape index (κ2) is 5.73. The lowest BCUT2D eigenvalue weighted by molar-refractivity contribution is -0.141. The zero-order valence-corrected chi connectivity index (χ0v) is 9.33. The molecule has 1 rings (SSSR count). The van der Waals surface area contributed by atoms with Crippen LogP contribution >= 0.6 is 11.6 Å². The van der Waals surface area contributed by atoms with E-state index >= 15 is 0 Å². The molecule has 0 aromatic heterocycles. The second-order valence-electron chi connectivity index (χ2n) is 3.26. The van der Waals surface area contributed by atoms with Crippen molar-refractivity contribution in [2.24, 2.45) is 5.73 Å². The van der Waals surface area contributed by atoms with Crippen molar-refractivity contribution in [3.8, 4) is 0 Å². The lowest BCUT2D eigenvalue weighted by Crippen LogP contribution is -2.17. The highest BCUT2D eigenvalue weighted by atomic mass is 35.5. The van der Waals surface area contributed by atoms with Crippen LogP contribution in [0.4, 0.5) is 0 Å². The van der Waals surface area contributed by atoms with Gasteiger partial charge in [0.15, 0.2) is 0 Å². The van der Waals surface area contributed by atoms with Crippen molar-refractivity contribution in [2.75, 3.05) is 13.7 Å². The first-order chi connectivity index (χ1) is 7.17. The van der Waals surface area contributed by atoms with Crippen LogP contribution < -0.4 is 5.73 Å². The second-order valence-corrected chi connectivity index (χ2v) is 3.70. The van der Waals surface area contributed by atoms with Crippen LogP contribution in [-0.4, -0.2) is 19.6 Å². The minimum atomic E-state index is -0.250. The van der Waals surface area contributed by atoms with Crippen LogP contribution in [0.3, 0.4) is 0 Å². The van der Waals surface area contributed by atoms with Gasteiger partial charge in [0.2, 0.25) is 0 Å². The van der Waals surface area contributed by atoms with Crippen LogP contribution in [0.5, 0.6) is 0 Å². The third kappa shape index (κ3) is 3.53. The van der Waals surface area contributed by atoms with E-state index in [0.717, 1.165) is 5.56 Å². The Morgan fingerprint density at radius 1 is 1.47 bits per heavy atom. The van der Waals surface area contributed by atoms with Crippen molar-refractivity contribution < 1.29 is 9.53 Å². The van der Waals surface area contributed by atoms with Gasteiger partial charge in [0.05, 0.1) is 13.5 Å². The topological polar surface area (TPSA) is 52.3 Å². The number of methoxy groups -OCH3 is 1. The van der Waals surface area contributed by atoms with Crippen LogP contribution in [0.2, 0.25) is 5.02 Å². The standard InChI is InChI=1S/C11H14ClNO2/c1-15-11(14)6-9(7-13)8-2-4-10(12)5-3-8/h2-5,9H,6-7,13H2,1H3/t9-/m1/s1. The highest BCUT2D eigenvalue weighted by Gasteiger charge is 2.14. The molecule has 15 heavy (non-hydrogen) atoms. The van der Waals surface area contributed by atoms with Crippen LogP contribution in [0, 0.1) is 0 Å². The Morgan fingerprint density at radius 2 is 2.07 bits per heavy atom. The summed E-state index contributed by atoms with van der Waals surface area (Å²) in [5.41, 5.74) is 6.61. The SMILES string of the molecule is COC(=O)C[C@H](CN)c1ccc(Cl)cc1. The largest absolute Gasteiger partial charge is 0.469 e. The molecule has 1 aromatic carbocycles. The average Bonchev–Trinajstić information content (AvgIpc) is 2.27. The summed E-state index contributed by atoms with van der Waals surface area (Å²) in [4.78, 5) is 11.1. The minimum Gasteiger partial charge on any atom is -0.469 e. The number of ether oxygens (including phenoxy) is 1. The van der Waals surface area contributed by atoms with Gasteiger partial charge in [0.1, 0.15) is 0 Å². The van der Waals surface area contributed by atoms with Gasteiger partial charge in [-0.3, -0.25) is 4.79 Å². The Balaban J connectivity index is 2.74. The van der Waals surface area contributed by atoms with Crippen molar-refractivity contribution in [3.05, 3.63) is 34.9 Å². The van der Waals surface area contributed by atoms with Gasteiger partial charge in [-0.25, -0.2) is 0 Å². The summed E-state index contributed by atoms with van der Waals surface area (Å²) >= 11 is 5.77. The third-order valence-corrected chi connectivity index (χ3v) is 2.52. The molecule has 0 aliphatic heterocycles. The Hall–Kier alpha value is -1.06. The van der Waals surface area contributed by atoms with Gasteiger partial charge in [-0.15, -0.1) is 0 Å². The third-order valence-electron chi connectivity index (χ3n) is 2.27. The van der Waals surface area contributed by atoms with Crippen LogP contribution in [-0.2, 0) is 9.53 Å². The fraction of sp³-hybridized carbons (Fsp3) is 0.364. The number of esters is 1. The zero-order chi connectivity index (χ0) is 11.3. The molecule has 1 aromatic rings. The molecule has 0 saturated heterocycles. The van der Waals surface area contributed by atoms with Gasteiger partial charge in [-0.1, -0.05) is 23.7 Å². The molecule has 3 nitrogen and oxygen atoms in total. The molecule has 0 spiro atoms.